The summed E-state index contributed by atoms with van der Waals surface area (Å²) in [6.07, 6.45) is 9.09. The van der Waals surface area contributed by atoms with Crippen molar-refractivity contribution < 1.29 is 0 Å². The molecule has 0 amide bonds. The van der Waals surface area contributed by atoms with Gasteiger partial charge < -0.3 is 4.98 Å². The van der Waals surface area contributed by atoms with Crippen LogP contribution in [0.3, 0.4) is 0 Å². The molecule has 0 saturated carbocycles. The maximum Gasteiger partial charge on any atom is 0.147 e. The predicted octanol–water partition coefficient (Wildman–Crippen LogP) is 4.06. The lowest BCUT2D eigenvalue weighted by Gasteiger charge is -2.01. The highest BCUT2D eigenvalue weighted by Crippen LogP contribution is 2.31. The van der Waals surface area contributed by atoms with Crippen molar-refractivity contribution >= 4 is 21.8 Å². The van der Waals surface area contributed by atoms with Gasteiger partial charge in [-0.15, -0.1) is 0 Å². The van der Waals surface area contributed by atoms with Gasteiger partial charge in [0.15, 0.2) is 0 Å². The molecule has 0 aliphatic carbocycles. The quantitative estimate of drug-likeness (QED) is 0.473. The smallest absolute Gasteiger partial charge is 0.147 e. The molecule has 6 aromatic rings. The Morgan fingerprint density at radius 1 is 0.867 bits per heavy atom. The third-order valence-electron chi connectivity index (χ3n) is 5.11. The SMILES string of the molecule is Cc1cn(-c2nccc3[nH]c(-c4n[nH]c5cnc(-c6ccccn6)cc45)cc23)cn1. The third-order valence-corrected chi connectivity index (χ3v) is 5.11. The van der Waals surface area contributed by atoms with E-state index < -0.39 is 0 Å². The topological polar surface area (TPSA) is 101 Å². The van der Waals surface area contributed by atoms with Gasteiger partial charge in [0.05, 0.1) is 40.0 Å². The lowest BCUT2D eigenvalue weighted by molar-refractivity contribution is 1.01. The summed E-state index contributed by atoms with van der Waals surface area (Å²) in [4.78, 5) is 21.3. The maximum absolute atomic E-state index is 4.56. The van der Waals surface area contributed by atoms with Gasteiger partial charge in [0.25, 0.3) is 0 Å². The Labute approximate surface area is 170 Å². The molecule has 0 fully saturated rings. The van der Waals surface area contributed by atoms with E-state index in [-0.39, 0.29) is 0 Å². The molecule has 0 radical (unpaired) electrons. The molecule has 30 heavy (non-hydrogen) atoms. The number of aryl methyl sites for hydroxylation is 1. The van der Waals surface area contributed by atoms with Crippen molar-refractivity contribution in [1.82, 2.24) is 39.7 Å². The molecule has 0 atom stereocenters. The van der Waals surface area contributed by atoms with Crippen molar-refractivity contribution in [3.63, 3.8) is 0 Å². The summed E-state index contributed by atoms with van der Waals surface area (Å²) in [6.45, 7) is 1.96. The summed E-state index contributed by atoms with van der Waals surface area (Å²) in [5.74, 6) is 0.825. The molecule has 0 spiro atoms. The van der Waals surface area contributed by atoms with Crippen LogP contribution in [0.25, 0.3) is 50.4 Å². The Bertz CT molecular complexity index is 1510. The molecule has 8 nitrogen and oxygen atoms in total. The monoisotopic (exact) mass is 392 g/mol. The molecule has 0 aromatic carbocycles. The minimum atomic E-state index is 0.804. The Morgan fingerprint density at radius 3 is 2.67 bits per heavy atom. The van der Waals surface area contributed by atoms with E-state index in [1.165, 1.54) is 0 Å². The van der Waals surface area contributed by atoms with Crippen molar-refractivity contribution in [3.05, 3.63) is 73.2 Å². The summed E-state index contributed by atoms with van der Waals surface area (Å²) < 4.78 is 1.93. The molecule has 0 bridgehead atoms. The Kier molecular flexibility index (Phi) is 3.51. The van der Waals surface area contributed by atoms with Gasteiger partial charge in [0.1, 0.15) is 17.8 Å². The Morgan fingerprint density at radius 2 is 1.83 bits per heavy atom. The summed E-state index contributed by atoms with van der Waals surface area (Å²) in [7, 11) is 0. The molecule has 0 aliphatic rings. The van der Waals surface area contributed by atoms with Crippen LogP contribution in [0, 0.1) is 6.92 Å². The summed E-state index contributed by atoms with van der Waals surface area (Å²) in [6, 6.07) is 11.8. The number of aromatic amines is 2. The van der Waals surface area contributed by atoms with Gasteiger partial charge in [0, 0.05) is 29.4 Å². The zero-order chi connectivity index (χ0) is 20.1. The van der Waals surface area contributed by atoms with Crippen LogP contribution in [0.15, 0.2) is 67.5 Å². The zero-order valence-electron chi connectivity index (χ0n) is 16.0. The highest BCUT2D eigenvalue weighted by atomic mass is 15.1. The minimum Gasteiger partial charge on any atom is -0.353 e. The molecule has 144 valence electrons. The van der Waals surface area contributed by atoms with Gasteiger partial charge in [-0.05, 0) is 37.3 Å². The van der Waals surface area contributed by atoms with E-state index >= 15 is 0 Å². The van der Waals surface area contributed by atoms with Crippen molar-refractivity contribution in [2.75, 3.05) is 0 Å². The molecular formula is C22H16N8. The fraction of sp³-hybridized carbons (Fsp3) is 0.0455. The number of H-pyrrole nitrogens is 2. The largest absolute Gasteiger partial charge is 0.353 e. The van der Waals surface area contributed by atoms with E-state index in [9.17, 15) is 0 Å². The standard InChI is InChI=1S/C22H16N8/c1-13-11-30(12-26-13)22-15-9-19(27-16(15)5-7-24-22)21-14-8-18(17-4-2-3-6-23-17)25-10-20(14)28-29-21/h2-12,27H,1H3,(H,28,29). The van der Waals surface area contributed by atoms with E-state index in [1.807, 2.05) is 48.0 Å². The average Bonchev–Trinajstić information content (AvgIpc) is 3.51. The van der Waals surface area contributed by atoms with Gasteiger partial charge in [0.2, 0.25) is 0 Å². The molecule has 0 aliphatic heterocycles. The van der Waals surface area contributed by atoms with Crippen molar-refractivity contribution in [2.45, 2.75) is 6.92 Å². The van der Waals surface area contributed by atoms with Crippen LogP contribution in [0.2, 0.25) is 0 Å². The number of nitrogens with one attached hydrogen (secondary N) is 2. The first kappa shape index (κ1) is 16.6. The molecule has 0 saturated heterocycles. The van der Waals surface area contributed by atoms with Gasteiger partial charge in [-0.2, -0.15) is 5.10 Å². The number of imidazole rings is 1. The minimum absolute atomic E-state index is 0.804. The molecule has 8 heteroatoms. The molecule has 6 aromatic heterocycles. The number of aromatic nitrogens is 8. The first-order chi connectivity index (χ1) is 14.8. The van der Waals surface area contributed by atoms with E-state index in [0.29, 0.717) is 0 Å². The van der Waals surface area contributed by atoms with Gasteiger partial charge in [-0.25, -0.2) is 9.97 Å². The highest BCUT2D eigenvalue weighted by Gasteiger charge is 2.15. The lowest BCUT2D eigenvalue weighted by Crippen LogP contribution is -1.94. The number of nitrogens with zero attached hydrogens (tertiary/aromatic N) is 6. The molecule has 6 heterocycles. The summed E-state index contributed by atoms with van der Waals surface area (Å²) >= 11 is 0. The average molecular weight is 392 g/mol. The van der Waals surface area contributed by atoms with Crippen molar-refractivity contribution in [3.8, 4) is 28.6 Å². The Balaban J connectivity index is 1.52. The van der Waals surface area contributed by atoms with Crippen LogP contribution < -0.4 is 0 Å². The van der Waals surface area contributed by atoms with Gasteiger partial charge in [-0.3, -0.25) is 19.6 Å². The lowest BCUT2D eigenvalue weighted by atomic mass is 10.1. The highest BCUT2D eigenvalue weighted by molar-refractivity contribution is 5.98. The number of hydrogen-bond donors (Lipinski definition) is 2. The van der Waals surface area contributed by atoms with Gasteiger partial charge in [-0.1, -0.05) is 6.07 Å². The number of fused-ring (bicyclic) bond motifs is 2. The second-order valence-corrected chi connectivity index (χ2v) is 7.10. The number of rotatable bonds is 3. The molecule has 0 unspecified atom stereocenters. The van der Waals surface area contributed by atoms with Crippen molar-refractivity contribution in [1.29, 1.82) is 0 Å². The summed E-state index contributed by atoms with van der Waals surface area (Å²) in [5, 5.41) is 9.60. The van der Waals surface area contributed by atoms with Crippen LogP contribution in [0.4, 0.5) is 0 Å². The predicted molar refractivity (Wildman–Crippen MR) is 114 cm³/mol. The number of hydrogen-bond acceptors (Lipinski definition) is 5. The second kappa shape index (κ2) is 6.35. The zero-order valence-corrected chi connectivity index (χ0v) is 16.0. The first-order valence-electron chi connectivity index (χ1n) is 9.51. The first-order valence-corrected chi connectivity index (χ1v) is 9.51. The third kappa shape index (κ3) is 2.58. The van der Waals surface area contributed by atoms with E-state index in [1.54, 1.807) is 24.9 Å². The fourth-order valence-electron chi connectivity index (χ4n) is 3.69. The molecular weight excluding hydrogens is 376 g/mol. The van der Waals surface area contributed by atoms with E-state index in [0.717, 1.165) is 56.1 Å². The molecule has 2 N–H and O–H groups in total. The van der Waals surface area contributed by atoms with Crippen LogP contribution in [0.5, 0.6) is 0 Å². The van der Waals surface area contributed by atoms with Crippen LogP contribution in [0.1, 0.15) is 5.69 Å². The number of pyridine rings is 3. The second-order valence-electron chi connectivity index (χ2n) is 7.10. The van der Waals surface area contributed by atoms with E-state index in [4.69, 9.17) is 0 Å². The Hall–Kier alpha value is -4.33. The van der Waals surface area contributed by atoms with Gasteiger partial charge >= 0.3 is 0 Å². The fourth-order valence-corrected chi connectivity index (χ4v) is 3.69. The normalized spacial score (nSPS) is 11.5. The summed E-state index contributed by atoms with van der Waals surface area (Å²) in [5.41, 5.74) is 6.15. The van der Waals surface area contributed by atoms with Crippen LogP contribution in [-0.2, 0) is 0 Å². The van der Waals surface area contributed by atoms with Crippen molar-refractivity contribution in [2.24, 2.45) is 0 Å². The maximum atomic E-state index is 4.56. The van der Waals surface area contributed by atoms with Crippen LogP contribution >= 0.6 is 0 Å². The van der Waals surface area contributed by atoms with Crippen LogP contribution in [-0.4, -0.2) is 39.7 Å². The van der Waals surface area contributed by atoms with E-state index in [2.05, 4.69) is 41.2 Å². The molecule has 6 rings (SSSR count).